The van der Waals surface area contributed by atoms with Crippen LogP contribution in [0.4, 0.5) is 0 Å². The molecule has 0 aliphatic carbocycles. The van der Waals surface area contributed by atoms with Gasteiger partial charge in [0.25, 0.3) is 0 Å². The van der Waals surface area contributed by atoms with Crippen LogP contribution in [-0.4, -0.2) is 18.7 Å². The summed E-state index contributed by atoms with van der Waals surface area (Å²) >= 11 is 0. The zero-order chi connectivity index (χ0) is 16.4. The average molecular weight is 312 g/mol. The van der Waals surface area contributed by atoms with Crippen LogP contribution < -0.4 is 10.4 Å². The Kier molecular flexibility index (Phi) is 4.02. The fraction of sp³-hybridized carbons (Fsp3) is 0.222. The van der Waals surface area contributed by atoms with Crippen molar-refractivity contribution in [3.8, 4) is 5.75 Å². The second kappa shape index (κ2) is 6.12. The summed E-state index contributed by atoms with van der Waals surface area (Å²) in [4.78, 5) is 22.5. The summed E-state index contributed by atoms with van der Waals surface area (Å²) in [5.41, 5.74) is 1.58. The van der Waals surface area contributed by atoms with Crippen LogP contribution in [0.1, 0.15) is 13.3 Å². The van der Waals surface area contributed by atoms with Gasteiger partial charge in [0.1, 0.15) is 24.0 Å². The number of ether oxygens (including phenoxy) is 2. The molecule has 1 aliphatic heterocycles. The third-order valence-electron chi connectivity index (χ3n) is 3.72. The zero-order valence-electron chi connectivity index (χ0n) is 12.7. The molecule has 0 spiro atoms. The number of hydrogen-bond donors (Lipinski definition) is 0. The van der Waals surface area contributed by atoms with Crippen LogP contribution in [0.25, 0.3) is 11.0 Å². The summed E-state index contributed by atoms with van der Waals surface area (Å²) in [6.45, 7) is 5.92. The molecule has 0 amide bonds. The van der Waals surface area contributed by atoms with Crippen molar-refractivity contribution in [2.45, 2.75) is 19.4 Å². The number of esters is 1. The monoisotopic (exact) mass is 312 g/mol. The van der Waals surface area contributed by atoms with E-state index < -0.39 is 0 Å². The second-order valence-electron chi connectivity index (χ2n) is 5.41. The van der Waals surface area contributed by atoms with Gasteiger partial charge in [-0.1, -0.05) is 6.58 Å². The molecule has 5 nitrogen and oxygen atoms in total. The first-order valence-electron chi connectivity index (χ1n) is 7.25. The van der Waals surface area contributed by atoms with E-state index in [4.69, 9.17) is 13.9 Å². The Balaban J connectivity index is 1.65. The normalized spacial score (nSPS) is 18.3. The van der Waals surface area contributed by atoms with Gasteiger partial charge in [-0.15, -0.1) is 0 Å². The molecule has 0 radical (unpaired) electrons. The van der Waals surface area contributed by atoms with Crippen LogP contribution in [0.15, 0.2) is 63.3 Å². The third kappa shape index (κ3) is 3.34. The van der Waals surface area contributed by atoms with Crippen molar-refractivity contribution in [1.82, 2.24) is 0 Å². The van der Waals surface area contributed by atoms with Crippen LogP contribution in [-0.2, 0) is 9.53 Å². The maximum absolute atomic E-state index is 11.3. The minimum atomic E-state index is -0.377. The summed E-state index contributed by atoms with van der Waals surface area (Å²) in [6.07, 6.45) is 2.16. The van der Waals surface area contributed by atoms with Gasteiger partial charge in [0.2, 0.25) is 0 Å². The largest absolute Gasteiger partial charge is 0.490 e. The van der Waals surface area contributed by atoms with Crippen molar-refractivity contribution < 1.29 is 18.7 Å². The molecule has 2 aromatic rings. The lowest BCUT2D eigenvalue weighted by Gasteiger charge is -2.10. The molecule has 3 rings (SSSR count). The van der Waals surface area contributed by atoms with E-state index in [-0.39, 0.29) is 17.7 Å². The fourth-order valence-corrected chi connectivity index (χ4v) is 2.36. The minimum absolute atomic E-state index is 0.246. The van der Waals surface area contributed by atoms with Crippen LogP contribution >= 0.6 is 0 Å². The van der Waals surface area contributed by atoms with Gasteiger partial charge in [-0.05, 0) is 42.8 Å². The van der Waals surface area contributed by atoms with E-state index in [2.05, 4.69) is 6.58 Å². The first-order valence-corrected chi connectivity index (χ1v) is 7.25. The number of benzene rings is 1. The number of rotatable bonds is 4. The predicted molar refractivity (Wildman–Crippen MR) is 85.4 cm³/mol. The van der Waals surface area contributed by atoms with E-state index in [1.165, 1.54) is 6.07 Å². The Morgan fingerprint density at radius 2 is 2.17 bits per heavy atom. The molecule has 1 aromatic carbocycles. The highest BCUT2D eigenvalue weighted by molar-refractivity contribution is 5.90. The topological polar surface area (TPSA) is 65.7 Å². The standard InChI is InChI=1S/C18H16O5/c1-11(16-9-12(2)18(20)23-16)7-8-21-14-4-5-15-13(10-14)3-6-17(19)22-15/h3-7,10,16H,2,8-9H2,1H3/b11-7+. The van der Waals surface area contributed by atoms with Gasteiger partial charge in [-0.3, -0.25) is 0 Å². The van der Waals surface area contributed by atoms with Crippen molar-refractivity contribution in [2.24, 2.45) is 0 Å². The molecule has 1 aromatic heterocycles. The molecule has 1 fully saturated rings. The number of cyclic esters (lactones) is 1. The Bertz CT molecular complexity index is 843. The SMILES string of the molecule is C=C1CC(/C(C)=C/COc2ccc3oc(=O)ccc3c2)OC1=O. The van der Waals surface area contributed by atoms with E-state index in [1.807, 2.05) is 13.0 Å². The van der Waals surface area contributed by atoms with Crippen LogP contribution in [0.2, 0.25) is 0 Å². The Morgan fingerprint density at radius 1 is 1.35 bits per heavy atom. The molecule has 23 heavy (non-hydrogen) atoms. The van der Waals surface area contributed by atoms with E-state index >= 15 is 0 Å². The fourth-order valence-electron chi connectivity index (χ4n) is 2.36. The maximum atomic E-state index is 11.3. The quantitative estimate of drug-likeness (QED) is 0.376. The van der Waals surface area contributed by atoms with Crippen molar-refractivity contribution >= 4 is 16.9 Å². The molecule has 1 aliphatic rings. The van der Waals surface area contributed by atoms with E-state index in [9.17, 15) is 9.59 Å². The number of carbonyl (C=O) groups is 1. The summed E-state index contributed by atoms with van der Waals surface area (Å²) in [6, 6.07) is 8.31. The summed E-state index contributed by atoms with van der Waals surface area (Å²) in [5.74, 6) is 0.336. The van der Waals surface area contributed by atoms with Gasteiger partial charge in [0, 0.05) is 23.4 Å². The lowest BCUT2D eigenvalue weighted by Crippen LogP contribution is -2.09. The van der Waals surface area contributed by atoms with Crippen LogP contribution in [0.5, 0.6) is 5.75 Å². The van der Waals surface area contributed by atoms with Crippen molar-refractivity contribution in [2.75, 3.05) is 6.61 Å². The molecule has 5 heteroatoms. The van der Waals surface area contributed by atoms with Crippen molar-refractivity contribution in [1.29, 1.82) is 0 Å². The third-order valence-corrected chi connectivity index (χ3v) is 3.72. The highest BCUT2D eigenvalue weighted by Crippen LogP contribution is 2.24. The van der Waals surface area contributed by atoms with Crippen molar-refractivity contribution in [3.05, 3.63) is 64.6 Å². The van der Waals surface area contributed by atoms with Gasteiger partial charge in [0.15, 0.2) is 0 Å². The molecule has 0 saturated carbocycles. The van der Waals surface area contributed by atoms with Crippen LogP contribution in [0.3, 0.4) is 0 Å². The van der Waals surface area contributed by atoms with Gasteiger partial charge >= 0.3 is 11.6 Å². The van der Waals surface area contributed by atoms with Gasteiger partial charge in [0.05, 0.1) is 0 Å². The highest BCUT2D eigenvalue weighted by atomic mass is 16.5. The van der Waals surface area contributed by atoms with Gasteiger partial charge in [-0.25, -0.2) is 9.59 Å². The minimum Gasteiger partial charge on any atom is -0.490 e. The molecular weight excluding hydrogens is 296 g/mol. The zero-order valence-corrected chi connectivity index (χ0v) is 12.7. The molecule has 1 unspecified atom stereocenters. The van der Waals surface area contributed by atoms with E-state index in [0.717, 1.165) is 11.0 Å². The molecule has 0 N–H and O–H groups in total. The first kappa shape index (κ1) is 15.1. The van der Waals surface area contributed by atoms with Gasteiger partial charge < -0.3 is 13.9 Å². The molecular formula is C18H16O5. The summed E-state index contributed by atoms with van der Waals surface area (Å²) in [7, 11) is 0. The van der Waals surface area contributed by atoms with Crippen molar-refractivity contribution in [3.63, 3.8) is 0 Å². The number of fused-ring (bicyclic) bond motifs is 1. The number of hydrogen-bond acceptors (Lipinski definition) is 5. The molecule has 1 atom stereocenters. The smallest absolute Gasteiger partial charge is 0.336 e. The van der Waals surface area contributed by atoms with Gasteiger partial charge in [-0.2, -0.15) is 0 Å². The maximum Gasteiger partial charge on any atom is 0.336 e. The highest BCUT2D eigenvalue weighted by Gasteiger charge is 2.28. The lowest BCUT2D eigenvalue weighted by molar-refractivity contribution is -0.137. The lowest BCUT2D eigenvalue weighted by atomic mass is 10.1. The number of carbonyl (C=O) groups excluding carboxylic acids is 1. The Hall–Kier alpha value is -2.82. The average Bonchev–Trinajstić information content (AvgIpc) is 2.87. The Morgan fingerprint density at radius 3 is 2.91 bits per heavy atom. The second-order valence-corrected chi connectivity index (χ2v) is 5.41. The summed E-state index contributed by atoms with van der Waals surface area (Å²) < 4.78 is 15.9. The molecule has 1 saturated heterocycles. The van der Waals surface area contributed by atoms with E-state index in [0.29, 0.717) is 29.9 Å². The first-order chi connectivity index (χ1) is 11.0. The molecule has 2 heterocycles. The summed E-state index contributed by atoms with van der Waals surface area (Å²) in [5, 5.41) is 0.795. The predicted octanol–water partition coefficient (Wildman–Crippen LogP) is 2.99. The molecule has 118 valence electrons. The molecule has 0 bridgehead atoms. The van der Waals surface area contributed by atoms with E-state index in [1.54, 1.807) is 24.3 Å². The Labute approximate surface area is 132 Å². The van der Waals surface area contributed by atoms with Crippen LogP contribution in [0, 0.1) is 0 Å².